The molecule has 1 atom stereocenters. The summed E-state index contributed by atoms with van der Waals surface area (Å²) in [5, 5.41) is 7.91. The first-order valence-corrected chi connectivity index (χ1v) is 13.3. The van der Waals surface area contributed by atoms with Crippen LogP contribution in [-0.2, 0) is 31.3 Å². The molecule has 1 aromatic heterocycles. The monoisotopic (exact) mass is 512 g/mol. The number of aryl methyl sites for hydroxylation is 1. The Balaban J connectivity index is 0.000000360. The lowest BCUT2D eigenvalue weighted by molar-refractivity contribution is -0.192. The summed E-state index contributed by atoms with van der Waals surface area (Å²) in [6.07, 6.45) is -2.40. The Bertz CT molecular complexity index is 1230. The molecular formula is C18H19F3N2O6S3. The van der Waals surface area contributed by atoms with Crippen LogP contribution < -0.4 is 4.13 Å². The van der Waals surface area contributed by atoms with E-state index < -0.39 is 32.2 Å². The zero-order valence-corrected chi connectivity index (χ0v) is 19.0. The van der Waals surface area contributed by atoms with Gasteiger partial charge in [-0.1, -0.05) is 24.3 Å². The highest BCUT2D eigenvalue weighted by Gasteiger charge is 2.38. The zero-order chi connectivity index (χ0) is 23.9. The summed E-state index contributed by atoms with van der Waals surface area (Å²) in [7, 11) is -8.08. The first kappa shape index (κ1) is 24.6. The van der Waals surface area contributed by atoms with Crippen LogP contribution in [0.25, 0.3) is 0 Å². The number of sulfonamides is 2. The van der Waals surface area contributed by atoms with Gasteiger partial charge in [0.05, 0.1) is 16.5 Å². The number of halogens is 3. The van der Waals surface area contributed by atoms with Gasteiger partial charge in [-0.05, 0) is 37.3 Å². The van der Waals surface area contributed by atoms with Crippen molar-refractivity contribution in [1.29, 1.82) is 0 Å². The van der Waals surface area contributed by atoms with Crippen LogP contribution >= 0.6 is 11.3 Å². The van der Waals surface area contributed by atoms with E-state index in [4.69, 9.17) is 9.90 Å². The van der Waals surface area contributed by atoms with Crippen molar-refractivity contribution >= 4 is 37.4 Å². The molecule has 1 fully saturated rings. The number of hydrogen-bond donors (Lipinski definition) is 2. The minimum absolute atomic E-state index is 0.00647. The van der Waals surface area contributed by atoms with Gasteiger partial charge in [0, 0.05) is 11.8 Å². The Kier molecular flexibility index (Phi) is 6.71. The number of nitrogens with zero attached hydrogens (tertiary/aromatic N) is 1. The standard InChI is InChI=1S/C16H18N2O4S3.C2HF3O2/c1-10-16(23-15(17-10)11-6-7-11)25(21,22)18-24(19,20)9-13-8-12-4-2-3-5-14(12)13;3-2(4,5)1(6)7/h2-5,11,13,18H,6-9H2,1H3;(H,6,7). The molecule has 2 N–H and O–H groups in total. The average Bonchev–Trinajstić information content (AvgIpc) is 3.40. The lowest BCUT2D eigenvalue weighted by atomic mass is 9.79. The van der Waals surface area contributed by atoms with Crippen LogP contribution in [0.4, 0.5) is 13.2 Å². The number of carbonyl (C=O) groups is 1. The normalized spacial score (nSPS) is 18.2. The van der Waals surface area contributed by atoms with Crippen molar-refractivity contribution < 1.29 is 39.9 Å². The number of benzene rings is 1. The predicted molar refractivity (Wildman–Crippen MR) is 110 cm³/mol. The third-order valence-corrected chi connectivity index (χ3v) is 10.3. The van der Waals surface area contributed by atoms with E-state index in [9.17, 15) is 30.0 Å². The fraction of sp³-hybridized carbons (Fsp3) is 0.444. The summed E-state index contributed by atoms with van der Waals surface area (Å²) in [5.74, 6) is -2.81. The summed E-state index contributed by atoms with van der Waals surface area (Å²) in [6.45, 7) is 1.60. The molecule has 14 heteroatoms. The summed E-state index contributed by atoms with van der Waals surface area (Å²) < 4.78 is 83.5. The molecule has 0 radical (unpaired) electrons. The van der Waals surface area contributed by atoms with Crippen LogP contribution in [-0.4, -0.2) is 44.8 Å². The van der Waals surface area contributed by atoms with Gasteiger partial charge in [-0.15, -0.1) is 15.5 Å². The fourth-order valence-corrected chi connectivity index (χ4v) is 8.32. The van der Waals surface area contributed by atoms with Crippen molar-refractivity contribution in [2.24, 2.45) is 0 Å². The third kappa shape index (κ3) is 5.85. The first-order valence-electron chi connectivity index (χ1n) is 9.31. The van der Waals surface area contributed by atoms with Crippen LogP contribution in [0.1, 0.15) is 46.5 Å². The van der Waals surface area contributed by atoms with Crippen molar-refractivity contribution in [3.05, 3.63) is 46.1 Å². The van der Waals surface area contributed by atoms with Crippen LogP contribution in [0.2, 0.25) is 0 Å². The van der Waals surface area contributed by atoms with E-state index in [1.165, 1.54) is 0 Å². The number of hydrogen-bond acceptors (Lipinski definition) is 7. The van der Waals surface area contributed by atoms with Crippen LogP contribution in [0.3, 0.4) is 0 Å². The Morgan fingerprint density at radius 1 is 1.22 bits per heavy atom. The molecule has 0 amide bonds. The van der Waals surface area contributed by atoms with Crippen molar-refractivity contribution in [1.82, 2.24) is 9.11 Å². The van der Waals surface area contributed by atoms with Gasteiger partial charge in [-0.25, -0.2) is 26.6 Å². The number of rotatable bonds is 6. The van der Waals surface area contributed by atoms with E-state index in [1.807, 2.05) is 28.4 Å². The molecule has 0 saturated heterocycles. The van der Waals surface area contributed by atoms with Crippen molar-refractivity contribution in [2.45, 2.75) is 48.4 Å². The molecule has 0 aliphatic heterocycles. The highest BCUT2D eigenvalue weighted by atomic mass is 32.3. The molecule has 1 aromatic carbocycles. The number of alkyl halides is 3. The molecule has 8 nitrogen and oxygen atoms in total. The largest absolute Gasteiger partial charge is 0.490 e. The van der Waals surface area contributed by atoms with Crippen molar-refractivity contribution in [3.8, 4) is 0 Å². The summed E-state index contributed by atoms with van der Waals surface area (Å²) in [6, 6.07) is 7.63. The Hall–Kier alpha value is -2.03. The summed E-state index contributed by atoms with van der Waals surface area (Å²) >= 11 is 1.08. The maximum Gasteiger partial charge on any atom is 0.490 e. The number of carboxylic acids is 1. The molecule has 2 aromatic rings. The van der Waals surface area contributed by atoms with E-state index >= 15 is 0 Å². The summed E-state index contributed by atoms with van der Waals surface area (Å²) in [5.41, 5.74) is 2.47. The van der Waals surface area contributed by atoms with Gasteiger partial charge in [-0.3, -0.25) is 0 Å². The van der Waals surface area contributed by atoms with E-state index in [-0.39, 0.29) is 15.9 Å². The van der Waals surface area contributed by atoms with Crippen molar-refractivity contribution in [3.63, 3.8) is 0 Å². The van der Waals surface area contributed by atoms with Crippen molar-refractivity contribution in [2.75, 3.05) is 5.75 Å². The number of nitrogens with one attached hydrogen (secondary N) is 1. The van der Waals surface area contributed by atoms with Gasteiger partial charge in [0.15, 0.2) is 4.21 Å². The molecule has 1 unspecified atom stereocenters. The van der Waals surface area contributed by atoms with E-state index in [1.54, 1.807) is 6.92 Å². The molecule has 32 heavy (non-hydrogen) atoms. The van der Waals surface area contributed by atoms with Gasteiger partial charge >= 0.3 is 12.1 Å². The maximum absolute atomic E-state index is 12.5. The molecule has 176 valence electrons. The van der Waals surface area contributed by atoms with E-state index in [0.29, 0.717) is 18.0 Å². The van der Waals surface area contributed by atoms with Gasteiger partial charge < -0.3 is 5.11 Å². The molecule has 2 aliphatic rings. The fourth-order valence-electron chi connectivity index (χ4n) is 3.17. The smallest absolute Gasteiger partial charge is 0.475 e. The molecule has 0 spiro atoms. The van der Waals surface area contributed by atoms with Gasteiger partial charge in [0.2, 0.25) is 10.0 Å². The van der Waals surface area contributed by atoms with E-state index in [0.717, 1.165) is 40.3 Å². The molecule has 2 aliphatic carbocycles. The Labute approximate surface area is 186 Å². The lowest BCUT2D eigenvalue weighted by Crippen LogP contribution is -2.36. The first-order chi connectivity index (χ1) is 14.7. The molecule has 1 heterocycles. The van der Waals surface area contributed by atoms with Gasteiger partial charge in [0.25, 0.3) is 10.0 Å². The highest BCUT2D eigenvalue weighted by molar-refractivity contribution is 8.05. The zero-order valence-electron chi connectivity index (χ0n) is 16.6. The number of fused-ring (bicyclic) bond motifs is 1. The number of aromatic nitrogens is 1. The second-order valence-corrected chi connectivity index (χ2v) is 12.4. The molecule has 1 saturated carbocycles. The van der Waals surface area contributed by atoms with Gasteiger partial charge in [-0.2, -0.15) is 13.2 Å². The predicted octanol–water partition coefficient (Wildman–Crippen LogP) is 2.91. The minimum atomic E-state index is -5.08. The SMILES string of the molecule is Cc1nc(C2CC2)sc1S(=O)(=O)NS(=O)(=O)CC1Cc2ccccc21.O=C(O)C(F)(F)F. The second-order valence-electron chi connectivity index (χ2n) is 7.47. The number of thiazole rings is 1. The highest BCUT2D eigenvalue weighted by Crippen LogP contribution is 2.43. The quantitative estimate of drug-likeness (QED) is 0.609. The van der Waals surface area contributed by atoms with Crippen LogP contribution in [0.15, 0.2) is 28.5 Å². The topological polar surface area (TPSA) is 130 Å². The van der Waals surface area contributed by atoms with E-state index in [2.05, 4.69) is 4.98 Å². The Morgan fingerprint density at radius 2 is 1.81 bits per heavy atom. The lowest BCUT2D eigenvalue weighted by Gasteiger charge is -2.29. The number of aliphatic carboxylic acids is 1. The molecular weight excluding hydrogens is 493 g/mol. The van der Waals surface area contributed by atoms with Crippen LogP contribution in [0.5, 0.6) is 0 Å². The summed E-state index contributed by atoms with van der Waals surface area (Å²) in [4.78, 5) is 13.2. The third-order valence-electron chi connectivity index (χ3n) is 4.80. The second kappa shape index (κ2) is 8.72. The van der Waals surface area contributed by atoms with Crippen LogP contribution in [0, 0.1) is 6.92 Å². The maximum atomic E-state index is 12.5. The molecule has 4 rings (SSSR count). The minimum Gasteiger partial charge on any atom is -0.475 e. The average molecular weight is 513 g/mol. The number of carboxylic acid groups (broad SMARTS) is 1. The Morgan fingerprint density at radius 3 is 2.34 bits per heavy atom. The molecule has 0 bridgehead atoms. The van der Waals surface area contributed by atoms with Gasteiger partial charge in [0.1, 0.15) is 0 Å².